The minimum atomic E-state index is -0.861. The molecule has 1 aromatic carbocycles. The molecule has 1 amide bonds. The zero-order valence-corrected chi connectivity index (χ0v) is 12.7. The number of halogens is 1. The van der Waals surface area contributed by atoms with Crippen molar-refractivity contribution in [1.82, 2.24) is 5.32 Å². The molecule has 0 heterocycles. The second kappa shape index (κ2) is 6.94. The Morgan fingerprint density at radius 1 is 1.24 bits per heavy atom. The minimum Gasteiger partial charge on any atom is -0.481 e. The van der Waals surface area contributed by atoms with Crippen LogP contribution in [0.4, 0.5) is 0 Å². The molecule has 0 atom stereocenters. The van der Waals surface area contributed by atoms with Crippen LogP contribution in [-0.2, 0) is 16.0 Å². The molecule has 0 radical (unpaired) electrons. The number of aliphatic carboxylic acids is 1. The van der Waals surface area contributed by atoms with Crippen molar-refractivity contribution >= 4 is 23.5 Å². The Bertz CT molecular complexity index is 524. The number of hydrogen-bond donors (Lipinski definition) is 2. The van der Waals surface area contributed by atoms with E-state index >= 15 is 0 Å². The van der Waals surface area contributed by atoms with E-state index in [9.17, 15) is 9.59 Å². The summed E-state index contributed by atoms with van der Waals surface area (Å²) in [5, 5.41) is 12.7. The fourth-order valence-corrected chi connectivity index (χ4v) is 3.25. The van der Waals surface area contributed by atoms with Crippen molar-refractivity contribution in [3.63, 3.8) is 0 Å². The molecule has 5 heteroatoms. The fourth-order valence-electron chi connectivity index (χ4n) is 3.04. The van der Waals surface area contributed by atoms with Crippen LogP contribution in [0.2, 0.25) is 5.02 Å². The van der Waals surface area contributed by atoms with Crippen LogP contribution in [0.25, 0.3) is 0 Å². The first-order valence-electron chi connectivity index (χ1n) is 7.26. The zero-order chi connectivity index (χ0) is 15.3. The first kappa shape index (κ1) is 15.8. The molecule has 0 aromatic heterocycles. The van der Waals surface area contributed by atoms with Gasteiger partial charge in [-0.25, -0.2) is 0 Å². The van der Waals surface area contributed by atoms with Crippen LogP contribution >= 0.6 is 11.6 Å². The number of carbonyl (C=O) groups excluding carboxylic acids is 1. The van der Waals surface area contributed by atoms with Gasteiger partial charge in [0.15, 0.2) is 0 Å². The zero-order valence-electron chi connectivity index (χ0n) is 11.9. The molecular formula is C16H20ClNO3. The SMILES string of the molecule is O=C(O)CC1(NC(=O)Cc2cccc(Cl)c2)CCCCC1. The van der Waals surface area contributed by atoms with E-state index in [4.69, 9.17) is 16.7 Å². The minimum absolute atomic E-state index is 0.00567. The third-order valence-electron chi connectivity index (χ3n) is 3.96. The average molecular weight is 310 g/mol. The van der Waals surface area contributed by atoms with E-state index in [0.29, 0.717) is 5.02 Å². The van der Waals surface area contributed by atoms with Gasteiger partial charge in [-0.15, -0.1) is 0 Å². The van der Waals surface area contributed by atoms with Gasteiger partial charge in [-0.3, -0.25) is 9.59 Å². The van der Waals surface area contributed by atoms with Crippen LogP contribution in [0.1, 0.15) is 44.1 Å². The summed E-state index contributed by atoms with van der Waals surface area (Å²) in [5.41, 5.74) is 0.251. The van der Waals surface area contributed by atoms with Crippen molar-refractivity contribution < 1.29 is 14.7 Å². The highest BCUT2D eigenvalue weighted by Crippen LogP contribution is 2.31. The maximum Gasteiger partial charge on any atom is 0.305 e. The Morgan fingerprint density at radius 2 is 1.95 bits per heavy atom. The highest BCUT2D eigenvalue weighted by Gasteiger charge is 2.35. The largest absolute Gasteiger partial charge is 0.481 e. The van der Waals surface area contributed by atoms with Crippen LogP contribution in [0.5, 0.6) is 0 Å². The number of benzene rings is 1. The lowest BCUT2D eigenvalue weighted by molar-refractivity contribution is -0.139. The molecule has 0 unspecified atom stereocenters. The third-order valence-corrected chi connectivity index (χ3v) is 4.19. The maximum absolute atomic E-state index is 12.2. The van der Waals surface area contributed by atoms with Gasteiger partial charge in [0, 0.05) is 5.02 Å². The lowest BCUT2D eigenvalue weighted by Gasteiger charge is -2.37. The monoisotopic (exact) mass is 309 g/mol. The van der Waals surface area contributed by atoms with Crippen molar-refractivity contribution in [2.75, 3.05) is 0 Å². The fraction of sp³-hybridized carbons (Fsp3) is 0.500. The van der Waals surface area contributed by atoms with Gasteiger partial charge in [-0.1, -0.05) is 43.0 Å². The summed E-state index contributed by atoms with van der Waals surface area (Å²) >= 11 is 5.91. The molecule has 4 nitrogen and oxygen atoms in total. The summed E-state index contributed by atoms with van der Waals surface area (Å²) in [7, 11) is 0. The predicted octanol–water partition coefficient (Wildman–Crippen LogP) is 3.18. The molecule has 0 saturated heterocycles. The predicted molar refractivity (Wildman–Crippen MR) is 81.4 cm³/mol. The number of hydrogen-bond acceptors (Lipinski definition) is 2. The van der Waals surface area contributed by atoms with Crippen LogP contribution in [0.15, 0.2) is 24.3 Å². The summed E-state index contributed by atoms with van der Waals surface area (Å²) in [6, 6.07) is 7.16. The number of nitrogens with one attached hydrogen (secondary N) is 1. The van der Waals surface area contributed by atoms with Gasteiger partial charge in [0.25, 0.3) is 0 Å². The van der Waals surface area contributed by atoms with E-state index < -0.39 is 11.5 Å². The third kappa shape index (κ3) is 4.74. The Hall–Kier alpha value is -1.55. The van der Waals surface area contributed by atoms with Gasteiger partial charge < -0.3 is 10.4 Å². The topological polar surface area (TPSA) is 66.4 Å². The maximum atomic E-state index is 12.2. The summed E-state index contributed by atoms with van der Waals surface area (Å²) in [5.74, 6) is -1.000. The standard InChI is InChI=1S/C16H20ClNO3/c17-13-6-4-5-12(9-13)10-14(19)18-16(11-15(20)21)7-2-1-3-8-16/h4-6,9H,1-3,7-8,10-11H2,(H,18,19)(H,20,21). The lowest BCUT2D eigenvalue weighted by atomic mass is 9.79. The highest BCUT2D eigenvalue weighted by atomic mass is 35.5. The van der Waals surface area contributed by atoms with E-state index in [1.807, 2.05) is 6.07 Å². The van der Waals surface area contributed by atoms with Crippen molar-refractivity contribution in [2.24, 2.45) is 0 Å². The second-order valence-electron chi connectivity index (χ2n) is 5.77. The second-order valence-corrected chi connectivity index (χ2v) is 6.20. The molecule has 2 rings (SSSR count). The van der Waals surface area contributed by atoms with Crippen LogP contribution in [0.3, 0.4) is 0 Å². The molecule has 2 N–H and O–H groups in total. The van der Waals surface area contributed by atoms with Crippen LogP contribution in [-0.4, -0.2) is 22.5 Å². The van der Waals surface area contributed by atoms with Gasteiger partial charge in [0.1, 0.15) is 0 Å². The first-order chi connectivity index (χ1) is 9.99. The van der Waals surface area contributed by atoms with E-state index in [0.717, 1.165) is 37.7 Å². The number of carboxylic acid groups (broad SMARTS) is 1. The number of amides is 1. The van der Waals surface area contributed by atoms with Crippen molar-refractivity contribution in [3.8, 4) is 0 Å². The molecule has 1 aliphatic rings. The quantitative estimate of drug-likeness (QED) is 0.878. The first-order valence-corrected chi connectivity index (χ1v) is 7.64. The van der Waals surface area contributed by atoms with E-state index in [2.05, 4.69) is 5.32 Å². The Morgan fingerprint density at radius 3 is 2.57 bits per heavy atom. The summed E-state index contributed by atoms with van der Waals surface area (Å²) in [6.07, 6.45) is 4.72. The number of rotatable bonds is 5. The molecule has 1 fully saturated rings. The summed E-state index contributed by atoms with van der Waals surface area (Å²) in [4.78, 5) is 23.3. The smallest absolute Gasteiger partial charge is 0.305 e. The van der Waals surface area contributed by atoms with Gasteiger partial charge in [-0.05, 0) is 30.5 Å². The Kier molecular flexibility index (Phi) is 5.23. The molecule has 0 bridgehead atoms. The molecule has 114 valence electrons. The van der Waals surface area contributed by atoms with Crippen molar-refractivity contribution in [3.05, 3.63) is 34.9 Å². The van der Waals surface area contributed by atoms with Crippen LogP contribution < -0.4 is 5.32 Å². The van der Waals surface area contributed by atoms with E-state index in [1.165, 1.54) is 0 Å². The van der Waals surface area contributed by atoms with Crippen LogP contribution in [0, 0.1) is 0 Å². The van der Waals surface area contributed by atoms with E-state index in [1.54, 1.807) is 18.2 Å². The molecule has 21 heavy (non-hydrogen) atoms. The van der Waals surface area contributed by atoms with Crippen molar-refractivity contribution in [1.29, 1.82) is 0 Å². The molecular weight excluding hydrogens is 290 g/mol. The van der Waals surface area contributed by atoms with Crippen molar-refractivity contribution in [2.45, 2.75) is 50.5 Å². The van der Waals surface area contributed by atoms with Gasteiger partial charge in [-0.2, -0.15) is 0 Å². The average Bonchev–Trinajstić information content (AvgIpc) is 2.38. The van der Waals surface area contributed by atoms with Gasteiger partial charge in [0.2, 0.25) is 5.91 Å². The Balaban J connectivity index is 2.02. The van der Waals surface area contributed by atoms with Gasteiger partial charge in [0.05, 0.1) is 18.4 Å². The molecule has 1 aliphatic carbocycles. The number of carboxylic acids is 1. The summed E-state index contributed by atoms with van der Waals surface area (Å²) < 4.78 is 0. The lowest BCUT2D eigenvalue weighted by Crippen LogP contribution is -2.51. The Labute approximate surface area is 129 Å². The molecule has 1 saturated carbocycles. The highest BCUT2D eigenvalue weighted by molar-refractivity contribution is 6.30. The number of carbonyl (C=O) groups is 2. The molecule has 0 spiro atoms. The summed E-state index contributed by atoms with van der Waals surface area (Å²) in [6.45, 7) is 0. The normalized spacial score (nSPS) is 17.2. The van der Waals surface area contributed by atoms with E-state index in [-0.39, 0.29) is 18.7 Å². The van der Waals surface area contributed by atoms with Gasteiger partial charge >= 0.3 is 5.97 Å². The molecule has 1 aromatic rings. The molecule has 0 aliphatic heterocycles.